The van der Waals surface area contributed by atoms with Gasteiger partial charge >= 0.3 is 6.61 Å². The lowest BCUT2D eigenvalue weighted by atomic mass is 10.1. The molecule has 1 N–H and O–H groups in total. The number of hydrogen-bond acceptors (Lipinski definition) is 8. The van der Waals surface area contributed by atoms with E-state index in [4.69, 9.17) is 4.74 Å². The zero-order valence-corrected chi connectivity index (χ0v) is 12.2. The molecule has 1 heterocycles. The van der Waals surface area contributed by atoms with E-state index in [1.165, 1.54) is 6.20 Å². The number of nitrogens with one attached hydrogen (secondary N) is 1. The maximum atomic E-state index is 12.3. The first-order valence-electron chi connectivity index (χ1n) is 5.82. The van der Waals surface area contributed by atoms with Crippen molar-refractivity contribution in [1.82, 2.24) is 9.59 Å². The second kappa shape index (κ2) is 6.91. The van der Waals surface area contributed by atoms with Gasteiger partial charge in [-0.3, -0.25) is 14.9 Å². The van der Waals surface area contributed by atoms with Gasteiger partial charge in [-0.05, 0) is 0 Å². The van der Waals surface area contributed by atoms with Gasteiger partial charge in [0.2, 0.25) is 0 Å². The van der Waals surface area contributed by atoms with Gasteiger partial charge < -0.3 is 14.8 Å². The number of halogens is 2. The van der Waals surface area contributed by atoms with E-state index in [-0.39, 0.29) is 16.3 Å². The maximum absolute atomic E-state index is 12.3. The van der Waals surface area contributed by atoms with Gasteiger partial charge in [-0.25, -0.2) is 0 Å². The first kappa shape index (κ1) is 16.5. The van der Waals surface area contributed by atoms with E-state index >= 15 is 0 Å². The second-order valence-electron chi connectivity index (χ2n) is 3.89. The normalized spacial score (nSPS) is 10.4. The molecule has 0 saturated heterocycles. The Labute approximate surface area is 131 Å². The fraction of sp³-hybridized carbons (Fsp3) is 0.182. The number of nitro groups is 1. The van der Waals surface area contributed by atoms with Crippen LogP contribution in [0.3, 0.4) is 0 Å². The molecule has 0 unspecified atom stereocenters. The Morgan fingerprint density at radius 3 is 2.70 bits per heavy atom. The smallest absolute Gasteiger partial charge is 0.387 e. The average molecular weight is 346 g/mol. The van der Waals surface area contributed by atoms with Crippen molar-refractivity contribution < 1.29 is 28.0 Å². The summed E-state index contributed by atoms with van der Waals surface area (Å²) in [7, 11) is 1.15. The van der Waals surface area contributed by atoms with E-state index in [1.54, 1.807) is 0 Å². The molecule has 0 aliphatic rings. The van der Waals surface area contributed by atoms with Crippen molar-refractivity contribution in [3.8, 4) is 11.5 Å². The Bertz CT molecular complexity index is 725. The Balaban J connectivity index is 2.44. The lowest BCUT2D eigenvalue weighted by Gasteiger charge is -2.11. The van der Waals surface area contributed by atoms with Gasteiger partial charge in [0, 0.05) is 17.6 Å². The summed E-state index contributed by atoms with van der Waals surface area (Å²) in [5.74, 6) is -1.64. The fourth-order valence-corrected chi connectivity index (χ4v) is 2.05. The van der Waals surface area contributed by atoms with Crippen LogP contribution < -0.4 is 14.8 Å². The van der Waals surface area contributed by atoms with Crippen LogP contribution in [0.15, 0.2) is 18.3 Å². The van der Waals surface area contributed by atoms with E-state index < -0.39 is 28.9 Å². The second-order valence-corrected chi connectivity index (χ2v) is 4.68. The van der Waals surface area contributed by atoms with Gasteiger partial charge in [0.15, 0.2) is 11.5 Å². The van der Waals surface area contributed by atoms with E-state index in [0.29, 0.717) is 6.07 Å². The maximum Gasteiger partial charge on any atom is 0.387 e. The summed E-state index contributed by atoms with van der Waals surface area (Å²) < 4.78 is 37.2. The molecule has 2 aromatic rings. The van der Waals surface area contributed by atoms with E-state index in [0.717, 1.165) is 24.7 Å². The molecule has 1 aromatic heterocycles. The lowest BCUT2D eigenvalue weighted by molar-refractivity contribution is -0.385. The first-order chi connectivity index (χ1) is 10.9. The highest BCUT2D eigenvalue weighted by Gasteiger charge is 2.26. The molecule has 2 rings (SSSR count). The predicted octanol–water partition coefficient (Wildman–Crippen LogP) is 2.31. The van der Waals surface area contributed by atoms with Crippen LogP contribution in [0.25, 0.3) is 0 Å². The van der Waals surface area contributed by atoms with Crippen LogP contribution in [0, 0.1) is 10.1 Å². The number of ether oxygens (including phenoxy) is 2. The van der Waals surface area contributed by atoms with Crippen molar-refractivity contribution in [2.75, 3.05) is 12.4 Å². The molecule has 1 aromatic carbocycles. The molecule has 23 heavy (non-hydrogen) atoms. The number of anilines is 1. The van der Waals surface area contributed by atoms with Gasteiger partial charge in [0.25, 0.3) is 11.6 Å². The number of hydrogen-bond donors (Lipinski definition) is 1. The number of alkyl halides is 2. The summed E-state index contributed by atoms with van der Waals surface area (Å²) in [6.07, 6.45) is 1.25. The SMILES string of the molecule is COc1cc(C(=O)Nc2cnns2)c([N+](=O)[O-])cc1OC(F)F. The molecule has 12 heteroatoms. The quantitative estimate of drug-likeness (QED) is 0.630. The zero-order valence-electron chi connectivity index (χ0n) is 11.4. The van der Waals surface area contributed by atoms with Crippen LogP contribution in [0.4, 0.5) is 19.5 Å². The molecule has 1 amide bonds. The number of carbonyl (C=O) groups excluding carboxylic acids is 1. The molecule has 0 fully saturated rings. The van der Waals surface area contributed by atoms with Crippen LogP contribution in [0.5, 0.6) is 11.5 Å². The Morgan fingerprint density at radius 1 is 1.43 bits per heavy atom. The van der Waals surface area contributed by atoms with Gasteiger partial charge in [0.1, 0.15) is 10.6 Å². The van der Waals surface area contributed by atoms with E-state index in [9.17, 15) is 23.7 Å². The number of benzene rings is 1. The molecule has 0 saturated carbocycles. The van der Waals surface area contributed by atoms with Gasteiger partial charge in [-0.2, -0.15) is 8.78 Å². The molecule has 0 aliphatic carbocycles. The third kappa shape index (κ3) is 3.85. The van der Waals surface area contributed by atoms with E-state index in [2.05, 4.69) is 19.6 Å². The third-order valence-corrected chi connectivity index (χ3v) is 3.12. The molecule has 9 nitrogen and oxygen atoms in total. The summed E-state index contributed by atoms with van der Waals surface area (Å²) in [4.78, 5) is 22.3. The van der Waals surface area contributed by atoms with Crippen molar-refractivity contribution >= 4 is 28.1 Å². The highest BCUT2D eigenvalue weighted by atomic mass is 32.1. The molecular weight excluding hydrogens is 338 g/mol. The van der Waals surface area contributed by atoms with Crippen molar-refractivity contribution in [2.45, 2.75) is 6.61 Å². The molecule has 122 valence electrons. The van der Waals surface area contributed by atoms with Crippen LogP contribution >= 0.6 is 11.5 Å². The zero-order chi connectivity index (χ0) is 17.0. The lowest BCUT2D eigenvalue weighted by Crippen LogP contribution is -2.14. The number of aromatic nitrogens is 2. The number of nitrogens with zero attached hydrogens (tertiary/aromatic N) is 3. The molecule has 0 bridgehead atoms. The van der Waals surface area contributed by atoms with E-state index in [1.807, 2.05) is 0 Å². The summed E-state index contributed by atoms with van der Waals surface area (Å²) in [5.41, 5.74) is -1.10. The molecule has 0 aliphatic heterocycles. The molecule has 0 radical (unpaired) electrons. The van der Waals surface area contributed by atoms with Gasteiger partial charge in [-0.1, -0.05) is 4.49 Å². The highest BCUT2D eigenvalue weighted by molar-refractivity contribution is 7.10. The monoisotopic (exact) mass is 346 g/mol. The third-order valence-electron chi connectivity index (χ3n) is 2.54. The van der Waals surface area contributed by atoms with Crippen molar-refractivity contribution in [3.63, 3.8) is 0 Å². The minimum absolute atomic E-state index is 0.247. The summed E-state index contributed by atoms with van der Waals surface area (Å²) in [6.45, 7) is -3.20. The van der Waals surface area contributed by atoms with Crippen LogP contribution in [-0.4, -0.2) is 34.1 Å². The first-order valence-corrected chi connectivity index (χ1v) is 6.59. The molecular formula is C11H8F2N4O5S. The Kier molecular flexibility index (Phi) is 4.95. The Morgan fingerprint density at radius 2 is 2.17 bits per heavy atom. The summed E-state index contributed by atoms with van der Waals surface area (Å²) >= 11 is 0.864. The average Bonchev–Trinajstić information content (AvgIpc) is 2.98. The minimum Gasteiger partial charge on any atom is -0.493 e. The predicted molar refractivity (Wildman–Crippen MR) is 74.1 cm³/mol. The van der Waals surface area contributed by atoms with Crippen LogP contribution in [0.2, 0.25) is 0 Å². The van der Waals surface area contributed by atoms with Crippen molar-refractivity contribution in [1.29, 1.82) is 0 Å². The number of nitro benzene ring substituents is 1. The molecule has 0 spiro atoms. The number of amides is 1. The standard InChI is InChI=1S/C11H8F2N4O5S/c1-21-7-2-5(10(18)15-9-4-14-16-23-9)6(17(19)20)3-8(7)22-11(12)13/h2-4,11H,1H3,(H,15,18). The van der Waals surface area contributed by atoms with Crippen molar-refractivity contribution in [2.24, 2.45) is 0 Å². The fourth-order valence-electron chi connectivity index (χ4n) is 1.63. The summed E-state index contributed by atoms with van der Waals surface area (Å²) in [6, 6.07) is 1.64. The summed E-state index contributed by atoms with van der Waals surface area (Å²) in [5, 5.41) is 17.2. The number of rotatable bonds is 6. The Hall–Kier alpha value is -2.89. The number of carbonyl (C=O) groups is 1. The van der Waals surface area contributed by atoms with Crippen LogP contribution in [0.1, 0.15) is 10.4 Å². The largest absolute Gasteiger partial charge is 0.493 e. The van der Waals surface area contributed by atoms with Crippen molar-refractivity contribution in [3.05, 3.63) is 34.0 Å². The topological polar surface area (TPSA) is 116 Å². The number of methoxy groups -OCH3 is 1. The molecule has 0 atom stereocenters. The van der Waals surface area contributed by atoms with Gasteiger partial charge in [-0.15, -0.1) is 5.10 Å². The highest BCUT2D eigenvalue weighted by Crippen LogP contribution is 2.36. The van der Waals surface area contributed by atoms with Gasteiger partial charge in [0.05, 0.1) is 24.3 Å². The van der Waals surface area contributed by atoms with Crippen LogP contribution in [-0.2, 0) is 0 Å². The minimum atomic E-state index is -3.20.